The SMILES string of the molecule is N#Cc1cn[nH]c1N=Cc1cc(Cl)ccc1O. The number of rotatable bonds is 2. The van der Waals surface area contributed by atoms with E-state index in [-0.39, 0.29) is 5.75 Å². The molecule has 0 aliphatic rings. The summed E-state index contributed by atoms with van der Waals surface area (Å²) in [6.45, 7) is 0. The van der Waals surface area contributed by atoms with E-state index in [0.29, 0.717) is 22.0 Å². The van der Waals surface area contributed by atoms with Crippen LogP contribution in [-0.4, -0.2) is 21.5 Å². The highest BCUT2D eigenvalue weighted by molar-refractivity contribution is 6.30. The molecule has 0 amide bonds. The molecule has 0 fully saturated rings. The van der Waals surface area contributed by atoms with Crippen LogP contribution >= 0.6 is 11.6 Å². The molecule has 0 atom stereocenters. The van der Waals surface area contributed by atoms with Crippen LogP contribution in [0.4, 0.5) is 5.82 Å². The first kappa shape index (κ1) is 11.2. The van der Waals surface area contributed by atoms with Crippen LogP contribution in [0.25, 0.3) is 0 Å². The minimum atomic E-state index is 0.0659. The van der Waals surface area contributed by atoms with Crippen molar-refractivity contribution < 1.29 is 5.11 Å². The number of aromatic hydroxyl groups is 1. The molecule has 84 valence electrons. The summed E-state index contributed by atoms with van der Waals surface area (Å²) in [7, 11) is 0. The fraction of sp³-hybridized carbons (Fsp3) is 0. The summed E-state index contributed by atoms with van der Waals surface area (Å²) in [5.41, 5.74) is 0.804. The van der Waals surface area contributed by atoms with Crippen LogP contribution in [0, 0.1) is 11.3 Å². The topological polar surface area (TPSA) is 85.1 Å². The zero-order valence-electron chi connectivity index (χ0n) is 8.55. The van der Waals surface area contributed by atoms with E-state index < -0.39 is 0 Å². The van der Waals surface area contributed by atoms with Gasteiger partial charge in [-0.15, -0.1) is 0 Å². The van der Waals surface area contributed by atoms with Crippen molar-refractivity contribution in [2.75, 3.05) is 0 Å². The van der Waals surface area contributed by atoms with E-state index in [1.54, 1.807) is 12.1 Å². The quantitative estimate of drug-likeness (QED) is 0.798. The molecule has 0 aliphatic carbocycles. The Bertz CT molecular complexity index is 612. The summed E-state index contributed by atoms with van der Waals surface area (Å²) in [6, 6.07) is 6.56. The number of hydrogen-bond acceptors (Lipinski definition) is 4. The second kappa shape index (κ2) is 4.68. The Hall–Kier alpha value is -2.32. The fourth-order valence-corrected chi connectivity index (χ4v) is 1.40. The highest BCUT2D eigenvalue weighted by Gasteiger charge is 2.02. The van der Waals surface area contributed by atoms with Gasteiger partial charge in [0.15, 0.2) is 5.82 Å². The average Bonchev–Trinajstić information content (AvgIpc) is 2.77. The molecule has 0 radical (unpaired) electrons. The van der Waals surface area contributed by atoms with Gasteiger partial charge in [0.25, 0.3) is 0 Å². The number of benzene rings is 1. The minimum absolute atomic E-state index is 0.0659. The van der Waals surface area contributed by atoms with Crippen molar-refractivity contribution >= 4 is 23.6 Å². The van der Waals surface area contributed by atoms with E-state index in [4.69, 9.17) is 16.9 Å². The zero-order chi connectivity index (χ0) is 12.3. The molecule has 0 saturated carbocycles. The van der Waals surface area contributed by atoms with Gasteiger partial charge in [0.2, 0.25) is 0 Å². The Morgan fingerprint density at radius 2 is 2.35 bits per heavy atom. The molecule has 2 N–H and O–H groups in total. The largest absolute Gasteiger partial charge is 0.507 e. The summed E-state index contributed by atoms with van der Waals surface area (Å²) in [5, 5.41) is 25.1. The molecule has 0 aliphatic heterocycles. The highest BCUT2D eigenvalue weighted by atomic mass is 35.5. The van der Waals surface area contributed by atoms with E-state index in [1.165, 1.54) is 18.5 Å². The lowest BCUT2D eigenvalue weighted by Gasteiger charge is -1.98. The number of phenols is 1. The second-order valence-corrected chi connectivity index (χ2v) is 3.64. The Kier molecular flexibility index (Phi) is 3.08. The van der Waals surface area contributed by atoms with Gasteiger partial charge in [-0.3, -0.25) is 5.10 Å². The number of H-pyrrole nitrogens is 1. The van der Waals surface area contributed by atoms with E-state index in [2.05, 4.69) is 15.2 Å². The zero-order valence-corrected chi connectivity index (χ0v) is 9.31. The van der Waals surface area contributed by atoms with Crippen LogP contribution in [0.2, 0.25) is 5.02 Å². The third kappa shape index (κ3) is 2.44. The van der Waals surface area contributed by atoms with Crippen molar-refractivity contribution in [1.82, 2.24) is 10.2 Å². The van der Waals surface area contributed by atoms with Crippen LogP contribution < -0.4 is 0 Å². The van der Waals surface area contributed by atoms with Crippen molar-refractivity contribution in [2.45, 2.75) is 0 Å². The summed E-state index contributed by atoms with van der Waals surface area (Å²) in [6.07, 6.45) is 2.79. The molecule has 2 rings (SSSR count). The van der Waals surface area contributed by atoms with Crippen LogP contribution in [0.1, 0.15) is 11.1 Å². The average molecular weight is 247 g/mol. The Labute approximate surface area is 102 Å². The molecule has 0 unspecified atom stereocenters. The van der Waals surface area contributed by atoms with E-state index in [9.17, 15) is 5.11 Å². The Balaban J connectivity index is 2.33. The first-order valence-corrected chi connectivity index (χ1v) is 5.04. The smallest absolute Gasteiger partial charge is 0.165 e. The van der Waals surface area contributed by atoms with Gasteiger partial charge in [-0.25, -0.2) is 4.99 Å². The summed E-state index contributed by atoms with van der Waals surface area (Å²) >= 11 is 5.79. The standard InChI is InChI=1S/C11H7ClN4O/c12-9-1-2-10(17)7(3-9)5-14-11-8(4-13)6-15-16-11/h1-3,5-6,17H,(H,15,16). The molecule has 0 spiro atoms. The van der Waals surface area contributed by atoms with Gasteiger partial charge < -0.3 is 5.11 Å². The summed E-state index contributed by atoms with van der Waals surface area (Å²) in [5.74, 6) is 0.406. The van der Waals surface area contributed by atoms with Crippen molar-refractivity contribution in [3.05, 3.63) is 40.5 Å². The first-order valence-electron chi connectivity index (χ1n) is 4.67. The molecule has 1 aromatic heterocycles. The lowest BCUT2D eigenvalue weighted by molar-refractivity contribution is 0.474. The maximum Gasteiger partial charge on any atom is 0.165 e. The molecule has 0 bridgehead atoms. The lowest BCUT2D eigenvalue weighted by atomic mass is 10.2. The van der Waals surface area contributed by atoms with Crippen LogP contribution in [0.5, 0.6) is 5.75 Å². The highest BCUT2D eigenvalue weighted by Crippen LogP contribution is 2.21. The van der Waals surface area contributed by atoms with Gasteiger partial charge in [0.1, 0.15) is 17.4 Å². The van der Waals surface area contributed by atoms with Gasteiger partial charge in [-0.2, -0.15) is 10.4 Å². The molecule has 1 heterocycles. The Morgan fingerprint density at radius 1 is 1.53 bits per heavy atom. The number of aliphatic imine (C=N–C) groups is 1. The second-order valence-electron chi connectivity index (χ2n) is 3.21. The monoisotopic (exact) mass is 246 g/mol. The first-order chi connectivity index (χ1) is 8.20. The van der Waals surface area contributed by atoms with Gasteiger partial charge in [0.05, 0.1) is 6.20 Å². The van der Waals surface area contributed by atoms with Gasteiger partial charge >= 0.3 is 0 Å². The van der Waals surface area contributed by atoms with Crippen LogP contribution in [0.3, 0.4) is 0 Å². The van der Waals surface area contributed by atoms with Crippen LogP contribution in [-0.2, 0) is 0 Å². The molecule has 17 heavy (non-hydrogen) atoms. The number of nitriles is 1. The Morgan fingerprint density at radius 3 is 3.12 bits per heavy atom. The predicted octanol–water partition coefficient (Wildman–Crippen LogP) is 2.39. The molecule has 0 saturated heterocycles. The normalized spacial score (nSPS) is 10.6. The van der Waals surface area contributed by atoms with Gasteiger partial charge in [-0.1, -0.05) is 11.6 Å². The third-order valence-electron chi connectivity index (χ3n) is 2.06. The number of nitrogens with one attached hydrogen (secondary N) is 1. The van der Waals surface area contributed by atoms with E-state index >= 15 is 0 Å². The van der Waals surface area contributed by atoms with Crippen molar-refractivity contribution in [1.29, 1.82) is 5.26 Å². The lowest BCUT2D eigenvalue weighted by Crippen LogP contribution is -1.82. The third-order valence-corrected chi connectivity index (χ3v) is 2.30. The van der Waals surface area contributed by atoms with Crippen molar-refractivity contribution in [3.8, 4) is 11.8 Å². The van der Waals surface area contributed by atoms with Gasteiger partial charge in [-0.05, 0) is 18.2 Å². The summed E-state index contributed by atoms with van der Waals surface area (Å²) < 4.78 is 0. The molecule has 1 aromatic carbocycles. The number of halogens is 1. The molecular formula is C11H7ClN4O. The number of phenolic OH excluding ortho intramolecular Hbond substituents is 1. The number of aromatic amines is 1. The minimum Gasteiger partial charge on any atom is -0.507 e. The number of nitrogens with zero attached hydrogens (tertiary/aromatic N) is 3. The maximum absolute atomic E-state index is 9.55. The van der Waals surface area contributed by atoms with E-state index in [0.717, 1.165) is 0 Å². The van der Waals surface area contributed by atoms with Crippen LogP contribution in [0.15, 0.2) is 29.4 Å². The number of aromatic nitrogens is 2. The van der Waals surface area contributed by atoms with E-state index in [1.807, 2.05) is 6.07 Å². The maximum atomic E-state index is 9.55. The molecule has 2 aromatic rings. The molecule has 6 heteroatoms. The summed E-state index contributed by atoms with van der Waals surface area (Å²) in [4.78, 5) is 4.03. The predicted molar refractivity (Wildman–Crippen MR) is 63.7 cm³/mol. The molecule has 5 nitrogen and oxygen atoms in total. The molecular weight excluding hydrogens is 240 g/mol. The number of hydrogen-bond donors (Lipinski definition) is 2. The van der Waals surface area contributed by atoms with Gasteiger partial charge in [0, 0.05) is 16.8 Å². The van der Waals surface area contributed by atoms with Crippen molar-refractivity contribution in [3.63, 3.8) is 0 Å². The van der Waals surface area contributed by atoms with Crippen molar-refractivity contribution in [2.24, 2.45) is 4.99 Å². The fourth-order valence-electron chi connectivity index (χ4n) is 1.22.